The summed E-state index contributed by atoms with van der Waals surface area (Å²) in [6, 6.07) is 1.97. The van der Waals surface area contributed by atoms with Gasteiger partial charge in [-0.15, -0.1) is 0 Å². The standard InChI is InChI=1S/C14H25N5/c1-14(2,3)10-5-7-19(8-6-10)12-9-11(16-4)17-13(15)18-12/h9-10H,5-8H2,1-4H3,(H3,15,16,17,18). The lowest BCUT2D eigenvalue weighted by Gasteiger charge is -2.39. The lowest BCUT2D eigenvalue weighted by molar-refractivity contribution is 0.198. The van der Waals surface area contributed by atoms with Crippen molar-refractivity contribution in [3.63, 3.8) is 0 Å². The number of hydrogen-bond donors (Lipinski definition) is 2. The lowest BCUT2D eigenvalue weighted by Crippen LogP contribution is -2.38. The van der Waals surface area contributed by atoms with Crippen molar-refractivity contribution in [3.05, 3.63) is 6.07 Å². The first-order valence-corrected chi connectivity index (χ1v) is 6.97. The normalized spacial score (nSPS) is 17.6. The Morgan fingerprint density at radius 1 is 1.26 bits per heavy atom. The number of anilines is 3. The summed E-state index contributed by atoms with van der Waals surface area (Å²) in [6.07, 6.45) is 2.42. The molecule has 1 aliphatic rings. The molecular weight excluding hydrogens is 238 g/mol. The minimum Gasteiger partial charge on any atom is -0.373 e. The van der Waals surface area contributed by atoms with Gasteiger partial charge in [0.25, 0.3) is 0 Å². The molecule has 0 aromatic carbocycles. The van der Waals surface area contributed by atoms with Gasteiger partial charge < -0.3 is 16.0 Å². The summed E-state index contributed by atoms with van der Waals surface area (Å²) >= 11 is 0. The van der Waals surface area contributed by atoms with E-state index in [1.807, 2.05) is 13.1 Å². The summed E-state index contributed by atoms with van der Waals surface area (Å²) in [5.74, 6) is 2.83. The van der Waals surface area contributed by atoms with Gasteiger partial charge in [-0.2, -0.15) is 9.97 Å². The van der Waals surface area contributed by atoms with E-state index in [-0.39, 0.29) is 0 Å². The molecule has 5 nitrogen and oxygen atoms in total. The van der Waals surface area contributed by atoms with Crippen molar-refractivity contribution in [2.24, 2.45) is 11.3 Å². The van der Waals surface area contributed by atoms with E-state index >= 15 is 0 Å². The molecule has 5 heteroatoms. The second-order valence-corrected chi connectivity index (χ2v) is 6.35. The summed E-state index contributed by atoms with van der Waals surface area (Å²) in [4.78, 5) is 10.8. The van der Waals surface area contributed by atoms with Crippen molar-refractivity contribution in [3.8, 4) is 0 Å². The number of rotatable bonds is 2. The van der Waals surface area contributed by atoms with Crippen LogP contribution in [0, 0.1) is 11.3 Å². The third kappa shape index (κ3) is 3.28. The van der Waals surface area contributed by atoms with Gasteiger partial charge in [0.15, 0.2) is 0 Å². The largest absolute Gasteiger partial charge is 0.373 e. The zero-order valence-corrected chi connectivity index (χ0v) is 12.4. The number of hydrogen-bond acceptors (Lipinski definition) is 5. The Hall–Kier alpha value is -1.52. The third-order valence-corrected chi connectivity index (χ3v) is 4.03. The van der Waals surface area contributed by atoms with E-state index in [4.69, 9.17) is 5.73 Å². The van der Waals surface area contributed by atoms with Gasteiger partial charge in [-0.3, -0.25) is 0 Å². The van der Waals surface area contributed by atoms with Crippen LogP contribution in [-0.2, 0) is 0 Å². The Morgan fingerprint density at radius 2 is 1.89 bits per heavy atom. The summed E-state index contributed by atoms with van der Waals surface area (Å²) in [7, 11) is 1.84. The van der Waals surface area contributed by atoms with Crippen molar-refractivity contribution < 1.29 is 0 Å². The van der Waals surface area contributed by atoms with Crippen LogP contribution in [0.1, 0.15) is 33.6 Å². The molecule has 1 fully saturated rings. The zero-order valence-electron chi connectivity index (χ0n) is 12.4. The highest BCUT2D eigenvalue weighted by atomic mass is 15.2. The highest BCUT2D eigenvalue weighted by Gasteiger charge is 2.29. The van der Waals surface area contributed by atoms with Crippen molar-refractivity contribution in [1.29, 1.82) is 0 Å². The number of nitrogen functional groups attached to an aromatic ring is 1. The number of nitrogens with two attached hydrogens (primary N) is 1. The number of piperidine rings is 1. The van der Waals surface area contributed by atoms with E-state index in [0.29, 0.717) is 11.4 Å². The molecule has 0 aliphatic carbocycles. The first-order chi connectivity index (χ1) is 8.90. The number of nitrogens with one attached hydrogen (secondary N) is 1. The molecule has 1 aromatic rings. The van der Waals surface area contributed by atoms with Crippen molar-refractivity contribution in [2.45, 2.75) is 33.6 Å². The van der Waals surface area contributed by atoms with Gasteiger partial charge in [0.05, 0.1) is 0 Å². The fourth-order valence-electron chi connectivity index (χ4n) is 2.72. The maximum Gasteiger partial charge on any atom is 0.223 e. The maximum atomic E-state index is 5.75. The second-order valence-electron chi connectivity index (χ2n) is 6.35. The van der Waals surface area contributed by atoms with Crippen LogP contribution in [0.3, 0.4) is 0 Å². The lowest BCUT2D eigenvalue weighted by atomic mass is 9.75. The van der Waals surface area contributed by atoms with Crippen LogP contribution in [0.2, 0.25) is 0 Å². The average Bonchev–Trinajstić information content (AvgIpc) is 2.37. The highest BCUT2D eigenvalue weighted by Crippen LogP contribution is 2.35. The number of aromatic nitrogens is 2. The van der Waals surface area contributed by atoms with E-state index < -0.39 is 0 Å². The molecule has 106 valence electrons. The molecule has 1 aromatic heterocycles. The molecule has 2 rings (SSSR count). The van der Waals surface area contributed by atoms with Crippen LogP contribution in [0.5, 0.6) is 0 Å². The molecule has 0 atom stereocenters. The predicted octanol–water partition coefficient (Wildman–Crippen LogP) is 2.36. The van der Waals surface area contributed by atoms with Crippen LogP contribution >= 0.6 is 0 Å². The van der Waals surface area contributed by atoms with E-state index in [2.05, 4.69) is 41.0 Å². The van der Waals surface area contributed by atoms with Crippen LogP contribution in [0.25, 0.3) is 0 Å². The molecule has 0 saturated carbocycles. The molecule has 3 N–H and O–H groups in total. The van der Waals surface area contributed by atoms with Gasteiger partial charge in [0.1, 0.15) is 11.6 Å². The summed E-state index contributed by atoms with van der Waals surface area (Å²) < 4.78 is 0. The Morgan fingerprint density at radius 3 is 2.42 bits per heavy atom. The van der Waals surface area contributed by atoms with Gasteiger partial charge in [0, 0.05) is 26.2 Å². The van der Waals surface area contributed by atoms with E-state index in [1.165, 1.54) is 12.8 Å². The minimum absolute atomic E-state index is 0.333. The van der Waals surface area contributed by atoms with Gasteiger partial charge in [-0.25, -0.2) is 0 Å². The van der Waals surface area contributed by atoms with Crippen molar-refractivity contribution in [2.75, 3.05) is 36.1 Å². The quantitative estimate of drug-likeness (QED) is 0.857. The molecule has 1 aliphatic heterocycles. The monoisotopic (exact) mass is 263 g/mol. The first-order valence-electron chi connectivity index (χ1n) is 6.97. The maximum absolute atomic E-state index is 5.75. The van der Waals surface area contributed by atoms with Gasteiger partial charge in [-0.1, -0.05) is 20.8 Å². The fourth-order valence-corrected chi connectivity index (χ4v) is 2.72. The van der Waals surface area contributed by atoms with E-state index in [1.54, 1.807) is 0 Å². The molecule has 0 bridgehead atoms. The first kappa shape index (κ1) is 13.9. The third-order valence-electron chi connectivity index (χ3n) is 4.03. The molecule has 0 spiro atoms. The van der Waals surface area contributed by atoms with Crippen LogP contribution in [0.4, 0.5) is 17.6 Å². The summed E-state index contributed by atoms with van der Waals surface area (Å²) in [5.41, 5.74) is 6.15. The Bertz CT molecular complexity index is 430. The Labute approximate surface area is 115 Å². The zero-order chi connectivity index (χ0) is 14.0. The van der Waals surface area contributed by atoms with E-state index in [0.717, 1.165) is 30.6 Å². The fraction of sp³-hybridized carbons (Fsp3) is 0.714. The minimum atomic E-state index is 0.333. The summed E-state index contributed by atoms with van der Waals surface area (Å²) in [5, 5.41) is 3.02. The number of nitrogens with zero attached hydrogens (tertiary/aromatic N) is 3. The van der Waals surface area contributed by atoms with E-state index in [9.17, 15) is 0 Å². The van der Waals surface area contributed by atoms with Gasteiger partial charge in [0.2, 0.25) is 5.95 Å². The Balaban J connectivity index is 2.07. The molecule has 0 unspecified atom stereocenters. The highest BCUT2D eigenvalue weighted by molar-refractivity contribution is 5.52. The van der Waals surface area contributed by atoms with Crippen LogP contribution in [-0.4, -0.2) is 30.1 Å². The average molecular weight is 263 g/mol. The van der Waals surface area contributed by atoms with Crippen LogP contribution < -0.4 is 16.0 Å². The van der Waals surface area contributed by atoms with Gasteiger partial charge in [-0.05, 0) is 24.2 Å². The van der Waals surface area contributed by atoms with Gasteiger partial charge >= 0.3 is 0 Å². The Kier molecular flexibility index (Phi) is 3.83. The predicted molar refractivity (Wildman–Crippen MR) is 80.4 cm³/mol. The summed E-state index contributed by atoms with van der Waals surface area (Å²) in [6.45, 7) is 9.07. The topological polar surface area (TPSA) is 67.1 Å². The second kappa shape index (κ2) is 5.23. The van der Waals surface area contributed by atoms with Crippen molar-refractivity contribution >= 4 is 17.6 Å². The van der Waals surface area contributed by atoms with Crippen LogP contribution in [0.15, 0.2) is 6.07 Å². The SMILES string of the molecule is CNc1cc(N2CCC(C(C)(C)C)CC2)nc(N)n1. The molecule has 19 heavy (non-hydrogen) atoms. The molecular formula is C14H25N5. The molecule has 0 amide bonds. The molecule has 1 saturated heterocycles. The smallest absolute Gasteiger partial charge is 0.223 e. The van der Waals surface area contributed by atoms with Crippen molar-refractivity contribution in [1.82, 2.24) is 9.97 Å². The molecule has 0 radical (unpaired) electrons. The molecule has 2 heterocycles.